The highest BCUT2D eigenvalue weighted by Crippen LogP contribution is 2.39. The molecule has 3 atom stereocenters. The number of nitrogens with one attached hydrogen (secondary N) is 1. The Morgan fingerprint density at radius 3 is 2.07 bits per heavy atom. The number of nitro benzene ring substituents is 1. The standard InChI is InChI=1S/C17H17ClFNO4.C15H22ClNO2.C14H13NO7S.C11H11Cl2NO2.C3H8NO5P.C3H9S/c1-9(2)15-16(21)20(17(22)24-15)13-8-14(11(18)7-12(13)19)23-10-5-3-4-6-10;1-5-13-8-6-7-11(2)15(13)17(14(18)9-16)12(3)10-19-4;1-23(21,22)8-5-6-9(10(7-8)15(19)20)14(18)13-11(16)3-2-4-12(13)17;1-7-6-16-9-5-3-2-4-8(9)14(7)11(15)10(12)13;5-3(6)1-4-2-10(7,8)9;1-4(2)3/h7-8,10H,3-6H2,1-2H3;6-8,12H,5,9-10H2,1-4H3;5-7,13H,2-4H2,1H3;2-5,7,10H,6H2,1H3;4H,1-2H2,(H,5,6)(H2,7,8,9);1-3H3/q;;;;;+1/p-1. The average Bonchev–Trinajstić information content (AvgIpc) is 1.45. The molecule has 96 heavy (non-hydrogen) atoms. The van der Waals surface area contributed by atoms with Crippen LogP contribution in [0.4, 0.5) is 31.9 Å². The molecule has 2 heterocycles. The monoisotopic (exact) mass is 1480 g/mol. The van der Waals surface area contributed by atoms with Gasteiger partial charge in [-0.3, -0.25) is 49.0 Å². The highest BCUT2D eigenvalue weighted by Gasteiger charge is 2.42. The summed E-state index contributed by atoms with van der Waals surface area (Å²) in [7, 11) is -5.77. The number of allylic oxidation sites excluding steroid dienone is 1. The number of benzene rings is 4. The van der Waals surface area contributed by atoms with E-state index in [-0.39, 0.29) is 75.8 Å². The van der Waals surface area contributed by atoms with Crippen LogP contribution in [0.2, 0.25) is 5.02 Å². The molecule has 0 spiro atoms. The van der Waals surface area contributed by atoms with Crippen molar-refractivity contribution in [1.82, 2.24) is 5.32 Å². The van der Waals surface area contributed by atoms with Crippen molar-refractivity contribution in [2.75, 3.05) is 78.8 Å². The van der Waals surface area contributed by atoms with E-state index in [1.165, 1.54) is 6.07 Å². The van der Waals surface area contributed by atoms with Gasteiger partial charge in [-0.15, -0.1) is 11.6 Å². The number of rotatable bonds is 18. The van der Waals surface area contributed by atoms with Crippen LogP contribution in [0, 0.1) is 28.8 Å². The number of amides is 4. The number of imide groups is 1. The maximum Gasteiger partial charge on any atom is 0.427 e. The minimum Gasteiger partial charge on any atom is -0.778 e. The van der Waals surface area contributed by atoms with Crippen molar-refractivity contribution in [3.63, 3.8) is 0 Å². The van der Waals surface area contributed by atoms with Crippen LogP contribution in [0.3, 0.4) is 0 Å². The Morgan fingerprint density at radius 2 is 1.56 bits per heavy atom. The predicted molar refractivity (Wildman–Crippen MR) is 364 cm³/mol. The number of halogens is 5. The van der Waals surface area contributed by atoms with Gasteiger partial charge in [0.25, 0.3) is 11.6 Å². The summed E-state index contributed by atoms with van der Waals surface area (Å²) in [6.07, 6.45) is 11.1. The highest BCUT2D eigenvalue weighted by atomic mass is 35.5. The summed E-state index contributed by atoms with van der Waals surface area (Å²) in [6.45, 7) is 11.7. The van der Waals surface area contributed by atoms with E-state index in [4.69, 9.17) is 75.4 Å². The number of nitro groups is 1. The number of aryl methyl sites for hydroxylation is 2. The van der Waals surface area contributed by atoms with E-state index in [0.29, 0.717) is 46.8 Å². The Bertz CT molecular complexity index is 3640. The Morgan fingerprint density at radius 1 is 0.958 bits per heavy atom. The fourth-order valence-electron chi connectivity index (χ4n) is 9.67. The summed E-state index contributed by atoms with van der Waals surface area (Å²) in [6, 6.07) is 18.4. The van der Waals surface area contributed by atoms with Crippen LogP contribution in [0.5, 0.6) is 11.5 Å². The Balaban J connectivity index is 0.000000315. The third-order valence-corrected chi connectivity index (χ3v) is 16.5. The number of methoxy groups -OCH3 is 1. The van der Waals surface area contributed by atoms with Gasteiger partial charge < -0.3 is 48.2 Å². The van der Waals surface area contributed by atoms with Gasteiger partial charge in [-0.1, -0.05) is 72.1 Å². The van der Waals surface area contributed by atoms with Gasteiger partial charge in [-0.2, -0.15) is 0 Å². The molecular weight excluding hydrogens is 1400 g/mol. The van der Waals surface area contributed by atoms with Gasteiger partial charge in [0.1, 0.15) is 43.3 Å². The number of Topliss-reactive ketones (excluding diaryl/α,β-unsaturated/α-hetero) is 3. The van der Waals surface area contributed by atoms with E-state index in [1.807, 2.05) is 62.5 Å². The molecule has 4 aliphatic rings. The second-order valence-electron chi connectivity index (χ2n) is 22.5. The van der Waals surface area contributed by atoms with Crippen molar-refractivity contribution in [2.45, 2.75) is 121 Å². The molecular formula is C63H79Cl4FN5O20PS2. The van der Waals surface area contributed by atoms with E-state index < -0.39 is 98.3 Å². The fourth-order valence-corrected chi connectivity index (χ4v) is 11.2. The molecule has 3 unspecified atom stereocenters. The number of hydrogen-bond donors (Lipinski definition) is 3. The van der Waals surface area contributed by atoms with Gasteiger partial charge in [-0.25, -0.2) is 22.5 Å². The van der Waals surface area contributed by atoms with Crippen LogP contribution >= 0.6 is 54.0 Å². The van der Waals surface area contributed by atoms with E-state index in [1.54, 1.807) is 30.8 Å². The fraction of sp³-hybridized carbons (Fsp3) is 0.460. The number of sulfone groups is 1. The summed E-state index contributed by atoms with van der Waals surface area (Å²) in [4.78, 5) is 125. The zero-order chi connectivity index (χ0) is 72.7. The normalized spacial score (nSPS) is 16.2. The number of fused-ring (bicyclic) bond motifs is 1. The van der Waals surface area contributed by atoms with Crippen molar-refractivity contribution in [2.24, 2.45) is 5.92 Å². The first-order valence-electron chi connectivity index (χ1n) is 29.5. The van der Waals surface area contributed by atoms with Crippen molar-refractivity contribution in [3.8, 4) is 11.5 Å². The van der Waals surface area contributed by atoms with Gasteiger partial charge in [0.2, 0.25) is 5.91 Å². The van der Waals surface area contributed by atoms with Crippen LogP contribution in [0.25, 0.3) is 0 Å². The Labute approximate surface area is 579 Å². The lowest BCUT2D eigenvalue weighted by Gasteiger charge is -2.35. The number of carboxylic acids is 1. The third-order valence-electron chi connectivity index (χ3n) is 13.9. The van der Waals surface area contributed by atoms with Crippen LogP contribution in [-0.2, 0) is 70.0 Å². The number of carbonyl (C=O) groups is 8. The van der Waals surface area contributed by atoms with Crippen LogP contribution in [0.15, 0.2) is 89.0 Å². The predicted octanol–water partition coefficient (Wildman–Crippen LogP) is 10.1. The third kappa shape index (κ3) is 25.1. The summed E-state index contributed by atoms with van der Waals surface area (Å²) in [5, 5.41) is 21.2. The summed E-state index contributed by atoms with van der Waals surface area (Å²) < 4.78 is 68.6. The largest absolute Gasteiger partial charge is 0.778 e. The number of carbonyl (C=O) groups excluding carboxylic acids is 7. The first kappa shape index (κ1) is 83.7. The summed E-state index contributed by atoms with van der Waals surface area (Å²) >= 11 is 23.1. The Hall–Kier alpha value is -6.56. The zero-order valence-electron chi connectivity index (χ0n) is 54.7. The lowest BCUT2D eigenvalue weighted by molar-refractivity contribution is -0.385. The molecule has 528 valence electrons. The molecule has 4 aromatic carbocycles. The molecule has 2 aliphatic carbocycles. The number of nitrogens with zero attached hydrogens (tertiary/aromatic N) is 4. The number of aliphatic carboxylic acids is 1. The van der Waals surface area contributed by atoms with Gasteiger partial charge in [0, 0.05) is 38.3 Å². The zero-order valence-corrected chi connectivity index (χ0v) is 60.2. The minimum atomic E-state index is -4.35. The second kappa shape index (κ2) is 39.1. The smallest absolute Gasteiger partial charge is 0.427 e. The molecule has 0 aromatic heterocycles. The van der Waals surface area contributed by atoms with Gasteiger partial charge in [-0.05, 0) is 131 Å². The molecule has 2 aliphatic heterocycles. The number of hydrogen-bond acceptors (Lipinski definition) is 19. The first-order valence-corrected chi connectivity index (χ1v) is 37.4. The molecule has 3 N–H and O–H groups in total. The van der Waals surface area contributed by atoms with E-state index >= 15 is 0 Å². The van der Waals surface area contributed by atoms with E-state index in [0.717, 1.165) is 85.1 Å². The van der Waals surface area contributed by atoms with Crippen LogP contribution in [-0.4, -0.2) is 158 Å². The molecule has 1 saturated heterocycles. The van der Waals surface area contributed by atoms with Crippen molar-refractivity contribution >= 4 is 145 Å². The van der Waals surface area contributed by atoms with E-state index in [9.17, 15) is 70.7 Å². The molecule has 4 aromatic rings. The van der Waals surface area contributed by atoms with Gasteiger partial charge in [0.15, 0.2) is 37.8 Å². The lowest BCUT2D eigenvalue weighted by atomic mass is 9.81. The number of ether oxygens (including phenoxy) is 4. The molecule has 3 fully saturated rings. The van der Waals surface area contributed by atoms with E-state index in [2.05, 4.69) is 31.8 Å². The van der Waals surface area contributed by atoms with Crippen molar-refractivity contribution < 1.29 is 94.5 Å². The summed E-state index contributed by atoms with van der Waals surface area (Å²) in [5.74, 6) is -5.85. The molecule has 25 nitrogen and oxygen atoms in total. The van der Waals surface area contributed by atoms with Crippen molar-refractivity contribution in [3.05, 3.63) is 122 Å². The number of cyclic esters (lactones) is 1. The molecule has 8 rings (SSSR count). The van der Waals surface area contributed by atoms with Crippen molar-refractivity contribution in [1.29, 1.82) is 0 Å². The SMILES string of the molecule is CC(C)=C1OC(=O)N(c2cc(OC3CCCC3)c(Cl)cc2F)C1=O.CC1COc2ccccc2N1C(=O)C(Cl)Cl.CCc1cccc(C)c1N(C(=O)CCl)C(C)COC.CS(=O)(=O)c1ccc(C(=O)C2C(=O)CCCC2=O)c([N+](=O)[O-])c1.C[S+](C)C.O=C(O)CNCP(=O)([O-])O. The molecule has 0 radical (unpaired) electrons. The molecule has 2 saturated carbocycles. The quantitative estimate of drug-likeness (QED) is 0.0122. The van der Waals surface area contributed by atoms with Crippen LogP contribution in [0.1, 0.15) is 101 Å². The maximum absolute atomic E-state index is 14.3. The molecule has 33 heteroatoms. The maximum atomic E-state index is 14.3. The summed E-state index contributed by atoms with van der Waals surface area (Å²) in [5.41, 5.74) is 3.08. The topological polar surface area (TPSA) is 353 Å². The van der Waals surface area contributed by atoms with Gasteiger partial charge in [0.05, 0.1) is 93.9 Å². The average molecular weight is 1480 g/mol. The number of anilines is 3. The highest BCUT2D eigenvalue weighted by molar-refractivity contribution is 7.94. The number of alkyl halides is 3. The molecule has 0 bridgehead atoms. The first-order chi connectivity index (χ1) is 44.8. The molecule has 4 amide bonds. The number of para-hydroxylation sites is 3. The number of ketones is 3. The minimum absolute atomic E-state index is 0.00962. The lowest BCUT2D eigenvalue weighted by Crippen LogP contribution is -2.47. The Kier molecular flexibility index (Phi) is 34.1. The van der Waals surface area contributed by atoms with Gasteiger partial charge >= 0.3 is 18.0 Å². The number of carboxylic acid groups (broad SMARTS) is 1. The second-order valence-corrected chi connectivity index (χ2v) is 30.3. The van der Waals surface area contributed by atoms with Crippen LogP contribution < -0.4 is 34.4 Å².